The summed E-state index contributed by atoms with van der Waals surface area (Å²) in [5.74, 6) is 0.0907. The van der Waals surface area contributed by atoms with E-state index in [1.165, 1.54) is 5.56 Å². The molecule has 0 unspecified atom stereocenters. The van der Waals surface area contributed by atoms with E-state index in [1.54, 1.807) is 0 Å². The summed E-state index contributed by atoms with van der Waals surface area (Å²) in [4.78, 5) is 12.0. The fourth-order valence-electron chi connectivity index (χ4n) is 1.77. The van der Waals surface area contributed by atoms with Crippen molar-refractivity contribution in [3.63, 3.8) is 0 Å². The van der Waals surface area contributed by atoms with Gasteiger partial charge in [0.2, 0.25) is 0 Å². The number of carbonyl (C=O) groups excluding carboxylic acids is 1. The molecule has 0 heterocycles. The Morgan fingerprint density at radius 2 is 1.69 bits per heavy atom. The molecule has 1 aliphatic rings. The first-order valence-corrected chi connectivity index (χ1v) is 5.77. The topological polar surface area (TPSA) is 43.1 Å². The van der Waals surface area contributed by atoms with Crippen molar-refractivity contribution in [1.82, 2.24) is 0 Å². The first-order valence-electron chi connectivity index (χ1n) is 5.77. The quantitative estimate of drug-likeness (QED) is 0.774. The summed E-state index contributed by atoms with van der Waals surface area (Å²) in [7, 11) is 0. The van der Waals surface area contributed by atoms with E-state index in [4.69, 9.17) is 5.73 Å². The van der Waals surface area contributed by atoms with Crippen molar-refractivity contribution in [3.8, 4) is 0 Å². The summed E-state index contributed by atoms with van der Waals surface area (Å²) in [6.45, 7) is 6.49. The van der Waals surface area contributed by atoms with E-state index in [-0.39, 0.29) is 11.2 Å². The van der Waals surface area contributed by atoms with E-state index in [1.807, 2.05) is 24.3 Å². The molecule has 0 atom stereocenters. The van der Waals surface area contributed by atoms with Crippen LogP contribution in [-0.4, -0.2) is 11.3 Å². The van der Waals surface area contributed by atoms with E-state index in [9.17, 15) is 4.79 Å². The maximum Gasteiger partial charge on any atom is 0.182 e. The van der Waals surface area contributed by atoms with E-state index >= 15 is 0 Å². The lowest BCUT2D eigenvalue weighted by Crippen LogP contribution is -2.32. The standard InChI is InChI=1S/C14H19NO/c1-13(2,3)11-6-4-10(5-7-11)12(16)14(15)8-9-14/h4-7H,8-9,15H2,1-3H3. The molecule has 0 saturated heterocycles. The number of hydrogen-bond donors (Lipinski definition) is 1. The minimum Gasteiger partial charge on any atom is -0.319 e. The van der Waals surface area contributed by atoms with Crippen LogP contribution in [0.2, 0.25) is 0 Å². The number of ketones is 1. The van der Waals surface area contributed by atoms with Crippen molar-refractivity contribution >= 4 is 5.78 Å². The van der Waals surface area contributed by atoms with Crippen molar-refractivity contribution in [2.45, 2.75) is 44.6 Å². The molecule has 0 spiro atoms. The molecule has 1 aliphatic carbocycles. The number of hydrogen-bond acceptors (Lipinski definition) is 2. The molecule has 0 amide bonds. The van der Waals surface area contributed by atoms with Gasteiger partial charge >= 0.3 is 0 Å². The van der Waals surface area contributed by atoms with Gasteiger partial charge < -0.3 is 5.73 Å². The van der Waals surface area contributed by atoms with E-state index in [0.29, 0.717) is 0 Å². The molecule has 16 heavy (non-hydrogen) atoms. The number of Topliss-reactive ketones (excluding diaryl/α,β-unsaturated/α-hetero) is 1. The Morgan fingerprint density at radius 1 is 1.19 bits per heavy atom. The Kier molecular flexibility index (Phi) is 2.43. The van der Waals surface area contributed by atoms with Crippen LogP contribution < -0.4 is 5.73 Å². The lowest BCUT2D eigenvalue weighted by atomic mass is 9.86. The summed E-state index contributed by atoms with van der Waals surface area (Å²) >= 11 is 0. The molecule has 1 fully saturated rings. The monoisotopic (exact) mass is 217 g/mol. The highest BCUT2D eigenvalue weighted by Gasteiger charge is 2.45. The summed E-state index contributed by atoms with van der Waals surface area (Å²) in [6, 6.07) is 7.85. The first-order chi connectivity index (χ1) is 7.33. The van der Waals surface area contributed by atoms with Crippen LogP contribution in [0.15, 0.2) is 24.3 Å². The van der Waals surface area contributed by atoms with Crippen LogP contribution in [0.3, 0.4) is 0 Å². The number of benzene rings is 1. The molecule has 0 aromatic heterocycles. The molecule has 0 bridgehead atoms. The fourth-order valence-corrected chi connectivity index (χ4v) is 1.77. The molecule has 0 aliphatic heterocycles. The second kappa shape index (κ2) is 3.42. The number of rotatable bonds is 2. The van der Waals surface area contributed by atoms with Gasteiger partial charge in [0, 0.05) is 5.56 Å². The minimum atomic E-state index is -0.552. The zero-order chi connectivity index (χ0) is 12.0. The van der Waals surface area contributed by atoms with Crippen LogP contribution in [0.25, 0.3) is 0 Å². The Labute approximate surface area is 96.8 Å². The molecule has 2 rings (SSSR count). The molecule has 1 saturated carbocycles. The molecule has 0 radical (unpaired) electrons. The van der Waals surface area contributed by atoms with Crippen LogP contribution in [0, 0.1) is 0 Å². The van der Waals surface area contributed by atoms with Gasteiger partial charge in [-0.15, -0.1) is 0 Å². The van der Waals surface area contributed by atoms with Crippen LogP contribution >= 0.6 is 0 Å². The van der Waals surface area contributed by atoms with E-state index in [0.717, 1.165) is 18.4 Å². The summed E-state index contributed by atoms with van der Waals surface area (Å²) in [5, 5.41) is 0. The predicted molar refractivity (Wildman–Crippen MR) is 65.6 cm³/mol. The second-order valence-corrected chi connectivity index (χ2v) is 5.81. The average Bonchev–Trinajstić information content (AvgIpc) is 2.96. The van der Waals surface area contributed by atoms with Crippen molar-refractivity contribution in [2.75, 3.05) is 0 Å². The van der Waals surface area contributed by atoms with Crippen molar-refractivity contribution in [1.29, 1.82) is 0 Å². The SMILES string of the molecule is CC(C)(C)c1ccc(C(=O)C2(N)CC2)cc1. The summed E-state index contributed by atoms with van der Waals surface area (Å²) < 4.78 is 0. The Hall–Kier alpha value is -1.15. The lowest BCUT2D eigenvalue weighted by Gasteiger charge is -2.19. The fraction of sp³-hybridized carbons (Fsp3) is 0.500. The average molecular weight is 217 g/mol. The van der Waals surface area contributed by atoms with Crippen LogP contribution in [0.1, 0.15) is 49.5 Å². The molecule has 1 aromatic carbocycles. The van der Waals surface area contributed by atoms with Gasteiger partial charge in [0.15, 0.2) is 5.78 Å². The Bertz CT molecular complexity index is 407. The molecule has 2 N–H and O–H groups in total. The van der Waals surface area contributed by atoms with Gasteiger partial charge in [0.1, 0.15) is 0 Å². The molecule has 2 heteroatoms. The van der Waals surface area contributed by atoms with Gasteiger partial charge in [0.25, 0.3) is 0 Å². The third-order valence-electron chi connectivity index (χ3n) is 3.25. The molecule has 86 valence electrons. The van der Waals surface area contributed by atoms with Gasteiger partial charge in [-0.2, -0.15) is 0 Å². The highest BCUT2D eigenvalue weighted by molar-refractivity contribution is 6.05. The van der Waals surface area contributed by atoms with Gasteiger partial charge in [-0.3, -0.25) is 4.79 Å². The van der Waals surface area contributed by atoms with Gasteiger partial charge in [-0.05, 0) is 23.8 Å². The van der Waals surface area contributed by atoms with Crippen molar-refractivity contribution in [3.05, 3.63) is 35.4 Å². The smallest absolute Gasteiger partial charge is 0.182 e. The van der Waals surface area contributed by atoms with Crippen LogP contribution in [0.5, 0.6) is 0 Å². The molecule has 1 aromatic rings. The van der Waals surface area contributed by atoms with Gasteiger partial charge in [0.05, 0.1) is 5.54 Å². The zero-order valence-corrected chi connectivity index (χ0v) is 10.2. The van der Waals surface area contributed by atoms with Gasteiger partial charge in [-0.1, -0.05) is 45.0 Å². The third-order valence-corrected chi connectivity index (χ3v) is 3.25. The third kappa shape index (κ3) is 2.03. The maximum atomic E-state index is 12.0. The molecular formula is C14H19NO. The number of carbonyl (C=O) groups is 1. The summed E-state index contributed by atoms with van der Waals surface area (Å²) in [5.41, 5.74) is 7.46. The first kappa shape index (κ1) is 11.3. The molecular weight excluding hydrogens is 198 g/mol. The van der Waals surface area contributed by atoms with Gasteiger partial charge in [-0.25, -0.2) is 0 Å². The summed E-state index contributed by atoms with van der Waals surface area (Å²) in [6.07, 6.45) is 1.65. The van der Waals surface area contributed by atoms with Crippen molar-refractivity contribution < 1.29 is 4.79 Å². The maximum absolute atomic E-state index is 12.0. The minimum absolute atomic E-state index is 0.0907. The zero-order valence-electron chi connectivity index (χ0n) is 10.2. The Balaban J connectivity index is 2.23. The number of nitrogens with two attached hydrogens (primary N) is 1. The van der Waals surface area contributed by atoms with Crippen LogP contribution in [0.4, 0.5) is 0 Å². The second-order valence-electron chi connectivity index (χ2n) is 5.81. The highest BCUT2D eigenvalue weighted by Crippen LogP contribution is 2.35. The Morgan fingerprint density at radius 3 is 2.06 bits per heavy atom. The normalized spacial score (nSPS) is 18.2. The lowest BCUT2D eigenvalue weighted by molar-refractivity contribution is 0.0949. The van der Waals surface area contributed by atoms with Crippen LogP contribution in [-0.2, 0) is 5.41 Å². The predicted octanol–water partition coefficient (Wildman–Crippen LogP) is 2.66. The largest absolute Gasteiger partial charge is 0.319 e. The van der Waals surface area contributed by atoms with Crippen molar-refractivity contribution in [2.24, 2.45) is 5.73 Å². The molecule has 2 nitrogen and oxygen atoms in total. The van der Waals surface area contributed by atoms with E-state index in [2.05, 4.69) is 20.8 Å². The highest BCUT2D eigenvalue weighted by atomic mass is 16.1. The van der Waals surface area contributed by atoms with E-state index < -0.39 is 5.54 Å².